The Labute approximate surface area is 77.4 Å². The molecular weight excluding hydrogens is 162 g/mol. The molecule has 0 atom stereocenters. The van der Waals surface area contributed by atoms with E-state index in [2.05, 4.69) is 23.8 Å². The second-order valence-corrected chi connectivity index (χ2v) is 3.46. The van der Waals surface area contributed by atoms with Crippen LogP contribution in [0.5, 0.6) is 0 Å². The molecule has 0 aromatic carbocycles. The maximum absolute atomic E-state index is 4.41. The molecule has 3 nitrogen and oxygen atoms in total. The fraction of sp³-hybridized carbons (Fsp3) is 0.400. The Morgan fingerprint density at radius 2 is 1.77 bits per heavy atom. The van der Waals surface area contributed by atoms with Gasteiger partial charge in [0.05, 0.1) is 5.69 Å². The van der Waals surface area contributed by atoms with Crippen LogP contribution < -0.4 is 0 Å². The molecule has 0 aliphatic carbocycles. The van der Waals surface area contributed by atoms with Crippen molar-refractivity contribution in [2.24, 2.45) is 0 Å². The average molecular weight is 175 g/mol. The SMILES string of the molecule is Cc1cn2c(C)c(C)c(C)nc2n1. The molecule has 2 aromatic rings. The minimum Gasteiger partial charge on any atom is -0.288 e. The van der Waals surface area contributed by atoms with Gasteiger partial charge in [0.2, 0.25) is 5.78 Å². The first kappa shape index (κ1) is 8.23. The van der Waals surface area contributed by atoms with E-state index in [1.165, 1.54) is 11.3 Å². The van der Waals surface area contributed by atoms with Crippen molar-refractivity contribution in [1.82, 2.24) is 14.4 Å². The summed E-state index contributed by atoms with van der Waals surface area (Å²) in [4.78, 5) is 8.74. The zero-order valence-electron chi connectivity index (χ0n) is 8.42. The lowest BCUT2D eigenvalue weighted by atomic mass is 10.2. The summed E-state index contributed by atoms with van der Waals surface area (Å²) in [5.41, 5.74) is 4.55. The molecule has 0 saturated heterocycles. The molecule has 0 unspecified atom stereocenters. The van der Waals surface area contributed by atoms with Gasteiger partial charge in [0.25, 0.3) is 0 Å². The highest BCUT2D eigenvalue weighted by Gasteiger charge is 2.06. The van der Waals surface area contributed by atoms with Gasteiger partial charge in [0, 0.05) is 17.6 Å². The molecule has 2 heterocycles. The molecule has 0 N–H and O–H groups in total. The molecule has 0 fully saturated rings. The summed E-state index contributed by atoms with van der Waals surface area (Å²) in [6, 6.07) is 0. The molecule has 0 bridgehead atoms. The molecule has 0 radical (unpaired) electrons. The summed E-state index contributed by atoms with van der Waals surface area (Å²) in [5.74, 6) is 0.804. The van der Waals surface area contributed by atoms with E-state index < -0.39 is 0 Å². The summed E-state index contributed by atoms with van der Waals surface area (Å²) in [6.07, 6.45) is 2.02. The van der Waals surface area contributed by atoms with Crippen LogP contribution in [0.15, 0.2) is 6.20 Å². The minimum atomic E-state index is 0.804. The molecule has 3 heteroatoms. The average Bonchev–Trinajstić information content (AvgIpc) is 2.42. The van der Waals surface area contributed by atoms with Crippen molar-refractivity contribution < 1.29 is 0 Å². The summed E-state index contributed by atoms with van der Waals surface area (Å²) in [6.45, 7) is 8.19. The molecule has 0 saturated carbocycles. The zero-order chi connectivity index (χ0) is 9.59. The number of nitrogens with zero attached hydrogens (tertiary/aromatic N) is 3. The zero-order valence-corrected chi connectivity index (χ0v) is 8.42. The molecule has 0 amide bonds. The van der Waals surface area contributed by atoms with E-state index in [1.54, 1.807) is 0 Å². The third-order valence-corrected chi connectivity index (χ3v) is 2.52. The number of rotatable bonds is 0. The number of imidazole rings is 1. The van der Waals surface area contributed by atoms with Crippen molar-refractivity contribution in [3.8, 4) is 0 Å². The molecule has 2 rings (SSSR count). The monoisotopic (exact) mass is 175 g/mol. The standard InChI is InChI=1S/C10H13N3/c1-6-5-13-9(4)7(2)8(3)12-10(13)11-6/h5H,1-4H3. The van der Waals surface area contributed by atoms with Gasteiger partial charge in [-0.15, -0.1) is 0 Å². The maximum atomic E-state index is 4.41. The van der Waals surface area contributed by atoms with Gasteiger partial charge in [-0.3, -0.25) is 4.40 Å². The van der Waals surface area contributed by atoms with Gasteiger partial charge in [-0.1, -0.05) is 0 Å². The van der Waals surface area contributed by atoms with E-state index in [-0.39, 0.29) is 0 Å². The van der Waals surface area contributed by atoms with Gasteiger partial charge in [-0.25, -0.2) is 9.97 Å². The Balaban J connectivity index is 2.92. The van der Waals surface area contributed by atoms with Crippen molar-refractivity contribution in [3.63, 3.8) is 0 Å². The van der Waals surface area contributed by atoms with Crippen LogP contribution in [-0.4, -0.2) is 14.4 Å². The number of fused-ring (bicyclic) bond motifs is 1. The normalized spacial score (nSPS) is 11.1. The van der Waals surface area contributed by atoms with Crippen LogP contribution in [0.1, 0.15) is 22.6 Å². The first-order valence-corrected chi connectivity index (χ1v) is 4.39. The van der Waals surface area contributed by atoms with Crippen molar-refractivity contribution in [2.45, 2.75) is 27.7 Å². The van der Waals surface area contributed by atoms with Crippen molar-refractivity contribution in [2.75, 3.05) is 0 Å². The fourth-order valence-electron chi connectivity index (χ4n) is 1.49. The molecule has 13 heavy (non-hydrogen) atoms. The fourth-order valence-corrected chi connectivity index (χ4v) is 1.49. The molecular formula is C10H13N3. The lowest BCUT2D eigenvalue weighted by Crippen LogP contribution is -1.99. The predicted molar refractivity (Wildman–Crippen MR) is 51.9 cm³/mol. The van der Waals surface area contributed by atoms with Crippen LogP contribution in [0.2, 0.25) is 0 Å². The summed E-state index contributed by atoms with van der Waals surface area (Å²) >= 11 is 0. The van der Waals surface area contributed by atoms with Crippen LogP contribution in [0.25, 0.3) is 5.78 Å². The van der Waals surface area contributed by atoms with Gasteiger partial charge in [0.1, 0.15) is 0 Å². The number of aromatic nitrogens is 3. The highest BCUT2D eigenvalue weighted by Crippen LogP contribution is 2.13. The largest absolute Gasteiger partial charge is 0.288 e. The van der Waals surface area contributed by atoms with Gasteiger partial charge in [0.15, 0.2) is 0 Å². The summed E-state index contributed by atoms with van der Waals surface area (Å²) in [7, 11) is 0. The van der Waals surface area contributed by atoms with Crippen molar-refractivity contribution in [1.29, 1.82) is 0 Å². The Kier molecular flexibility index (Phi) is 1.62. The Morgan fingerprint density at radius 1 is 1.08 bits per heavy atom. The Morgan fingerprint density at radius 3 is 2.46 bits per heavy atom. The lowest BCUT2D eigenvalue weighted by molar-refractivity contribution is 0.979. The number of aryl methyl sites for hydroxylation is 3. The highest BCUT2D eigenvalue weighted by molar-refractivity contribution is 5.38. The van der Waals surface area contributed by atoms with E-state index in [1.807, 2.05) is 24.4 Å². The van der Waals surface area contributed by atoms with E-state index in [0.29, 0.717) is 0 Å². The molecule has 0 aliphatic rings. The van der Waals surface area contributed by atoms with E-state index in [4.69, 9.17) is 0 Å². The van der Waals surface area contributed by atoms with Crippen LogP contribution in [0.3, 0.4) is 0 Å². The predicted octanol–water partition coefficient (Wildman–Crippen LogP) is 1.96. The van der Waals surface area contributed by atoms with E-state index in [0.717, 1.165) is 17.2 Å². The molecule has 0 aliphatic heterocycles. The second-order valence-electron chi connectivity index (χ2n) is 3.46. The topological polar surface area (TPSA) is 30.2 Å². The van der Waals surface area contributed by atoms with Gasteiger partial charge in [-0.05, 0) is 33.3 Å². The highest BCUT2D eigenvalue weighted by atomic mass is 15.1. The van der Waals surface area contributed by atoms with Crippen LogP contribution in [0, 0.1) is 27.7 Å². The minimum absolute atomic E-state index is 0.804. The first-order valence-electron chi connectivity index (χ1n) is 4.39. The molecule has 68 valence electrons. The lowest BCUT2D eigenvalue weighted by Gasteiger charge is -2.05. The quantitative estimate of drug-likeness (QED) is 0.612. The third-order valence-electron chi connectivity index (χ3n) is 2.52. The van der Waals surface area contributed by atoms with Crippen LogP contribution >= 0.6 is 0 Å². The van der Waals surface area contributed by atoms with Crippen molar-refractivity contribution >= 4 is 5.78 Å². The smallest absolute Gasteiger partial charge is 0.234 e. The van der Waals surface area contributed by atoms with E-state index in [9.17, 15) is 0 Å². The summed E-state index contributed by atoms with van der Waals surface area (Å²) in [5, 5.41) is 0. The number of hydrogen-bond donors (Lipinski definition) is 0. The maximum Gasteiger partial charge on any atom is 0.234 e. The van der Waals surface area contributed by atoms with Crippen molar-refractivity contribution in [3.05, 3.63) is 28.8 Å². The second kappa shape index (κ2) is 2.55. The van der Waals surface area contributed by atoms with Crippen LogP contribution in [-0.2, 0) is 0 Å². The van der Waals surface area contributed by atoms with E-state index >= 15 is 0 Å². The number of hydrogen-bond acceptors (Lipinski definition) is 2. The third kappa shape index (κ3) is 1.11. The Bertz CT molecular complexity index is 468. The molecule has 2 aromatic heterocycles. The van der Waals surface area contributed by atoms with Gasteiger partial charge >= 0.3 is 0 Å². The van der Waals surface area contributed by atoms with Gasteiger partial charge in [-0.2, -0.15) is 0 Å². The summed E-state index contributed by atoms with van der Waals surface area (Å²) < 4.78 is 2.04. The van der Waals surface area contributed by atoms with Gasteiger partial charge < -0.3 is 0 Å². The Hall–Kier alpha value is -1.38. The first-order chi connectivity index (χ1) is 6.09. The van der Waals surface area contributed by atoms with Crippen LogP contribution in [0.4, 0.5) is 0 Å². The molecule has 0 spiro atoms.